The maximum Gasteiger partial charge on any atom is 0.411 e. The van der Waals surface area contributed by atoms with Crippen molar-refractivity contribution in [3.8, 4) is 0 Å². The Bertz CT molecular complexity index is 552. The molecule has 1 N–H and O–H groups in total. The lowest BCUT2D eigenvalue weighted by molar-refractivity contribution is -0.143. The summed E-state index contributed by atoms with van der Waals surface area (Å²) in [6.45, 7) is 9.54. The lowest BCUT2D eigenvalue weighted by Crippen LogP contribution is -2.48. The van der Waals surface area contributed by atoms with Gasteiger partial charge in [0, 0.05) is 18.9 Å². The number of aliphatic carboxylic acids is 1. The van der Waals surface area contributed by atoms with Crippen LogP contribution in [0, 0.1) is 5.92 Å². The molecule has 1 aromatic heterocycles. The van der Waals surface area contributed by atoms with Gasteiger partial charge in [0.15, 0.2) is 0 Å². The molecular weight excluding hydrogens is 320 g/mol. The number of aromatic nitrogens is 1. The van der Waals surface area contributed by atoms with Gasteiger partial charge in [-0.2, -0.15) is 0 Å². The Morgan fingerprint density at radius 1 is 1.32 bits per heavy atom. The summed E-state index contributed by atoms with van der Waals surface area (Å²) in [5.74, 6) is -0.842. The van der Waals surface area contributed by atoms with Gasteiger partial charge in [0.1, 0.15) is 11.6 Å². The topological polar surface area (TPSA) is 79.7 Å². The molecule has 0 saturated heterocycles. The Hall–Kier alpha value is -2.11. The standard InChI is InChI=1S/C19H30N2O4/c1-14(2)12-16(17(22)23)21(18(24)25-19(3,4)5)11-7-9-15-8-6-10-20-13-15/h6,8,10,13-14,16H,7,9,11-12H2,1-5H3,(H,22,23)/t16-/m0/s1. The van der Waals surface area contributed by atoms with Crippen molar-refractivity contribution in [1.29, 1.82) is 0 Å². The third kappa shape index (κ3) is 8.01. The third-order valence-electron chi connectivity index (χ3n) is 3.57. The van der Waals surface area contributed by atoms with E-state index in [0.717, 1.165) is 12.0 Å². The molecule has 1 rings (SSSR count). The fraction of sp³-hybridized carbons (Fsp3) is 0.632. The molecule has 1 heterocycles. The van der Waals surface area contributed by atoms with Crippen LogP contribution in [0.5, 0.6) is 0 Å². The first-order valence-electron chi connectivity index (χ1n) is 8.71. The number of nitrogens with zero attached hydrogens (tertiary/aromatic N) is 2. The normalized spacial score (nSPS) is 12.7. The number of carbonyl (C=O) groups is 2. The highest BCUT2D eigenvalue weighted by molar-refractivity contribution is 5.80. The van der Waals surface area contributed by atoms with Crippen LogP contribution in [0.1, 0.15) is 53.0 Å². The van der Waals surface area contributed by atoms with Gasteiger partial charge in [0.05, 0.1) is 0 Å². The van der Waals surface area contributed by atoms with E-state index >= 15 is 0 Å². The van der Waals surface area contributed by atoms with Gasteiger partial charge >= 0.3 is 12.1 Å². The molecule has 0 aliphatic carbocycles. The van der Waals surface area contributed by atoms with E-state index in [2.05, 4.69) is 4.98 Å². The molecular formula is C19H30N2O4. The molecule has 0 unspecified atom stereocenters. The summed E-state index contributed by atoms with van der Waals surface area (Å²) >= 11 is 0. The van der Waals surface area contributed by atoms with Crippen LogP contribution in [0.15, 0.2) is 24.5 Å². The van der Waals surface area contributed by atoms with Crippen molar-refractivity contribution >= 4 is 12.1 Å². The average molecular weight is 350 g/mol. The predicted molar refractivity (Wildman–Crippen MR) is 96.4 cm³/mol. The number of hydrogen-bond donors (Lipinski definition) is 1. The average Bonchev–Trinajstić information content (AvgIpc) is 2.48. The lowest BCUT2D eigenvalue weighted by atomic mass is 10.0. The first kappa shape index (κ1) is 20.9. The van der Waals surface area contributed by atoms with Gasteiger partial charge in [-0.05, 0) is 57.6 Å². The summed E-state index contributed by atoms with van der Waals surface area (Å²) in [5.41, 5.74) is 0.391. The van der Waals surface area contributed by atoms with E-state index in [1.807, 2.05) is 26.0 Å². The zero-order chi connectivity index (χ0) is 19.0. The first-order valence-corrected chi connectivity index (χ1v) is 8.71. The third-order valence-corrected chi connectivity index (χ3v) is 3.57. The van der Waals surface area contributed by atoms with Crippen LogP contribution in [0.4, 0.5) is 4.79 Å². The molecule has 1 aromatic rings. The number of carboxylic acids is 1. The van der Waals surface area contributed by atoms with E-state index in [1.165, 1.54) is 4.90 Å². The number of pyridine rings is 1. The molecule has 0 bridgehead atoms. The van der Waals surface area contributed by atoms with Gasteiger partial charge in [0.25, 0.3) is 0 Å². The van der Waals surface area contributed by atoms with Crippen molar-refractivity contribution in [2.75, 3.05) is 6.54 Å². The monoisotopic (exact) mass is 350 g/mol. The number of aryl methyl sites for hydroxylation is 1. The summed E-state index contributed by atoms with van der Waals surface area (Å²) in [5, 5.41) is 9.60. The van der Waals surface area contributed by atoms with Crippen molar-refractivity contribution in [1.82, 2.24) is 9.88 Å². The molecule has 1 atom stereocenters. The van der Waals surface area contributed by atoms with Gasteiger partial charge in [-0.1, -0.05) is 19.9 Å². The molecule has 140 valence electrons. The van der Waals surface area contributed by atoms with Gasteiger partial charge in [-0.25, -0.2) is 9.59 Å². The van der Waals surface area contributed by atoms with Gasteiger partial charge in [-0.3, -0.25) is 9.88 Å². The Balaban J connectivity index is 2.85. The Morgan fingerprint density at radius 3 is 2.48 bits per heavy atom. The van der Waals surface area contributed by atoms with E-state index in [4.69, 9.17) is 4.74 Å². The summed E-state index contributed by atoms with van der Waals surface area (Å²) < 4.78 is 5.43. The molecule has 0 radical (unpaired) electrons. The fourth-order valence-corrected chi connectivity index (χ4v) is 2.50. The fourth-order valence-electron chi connectivity index (χ4n) is 2.50. The van der Waals surface area contributed by atoms with Gasteiger partial charge < -0.3 is 9.84 Å². The Labute approximate surface area is 150 Å². The number of amides is 1. The summed E-state index contributed by atoms with van der Waals surface area (Å²) in [6.07, 6.45) is 4.67. The van der Waals surface area contributed by atoms with Crippen molar-refractivity contribution in [3.63, 3.8) is 0 Å². The Kier molecular flexibility index (Phi) is 7.87. The zero-order valence-electron chi connectivity index (χ0n) is 15.9. The van der Waals surface area contributed by atoms with E-state index < -0.39 is 23.7 Å². The van der Waals surface area contributed by atoms with Gasteiger partial charge in [0.2, 0.25) is 0 Å². The molecule has 6 heteroatoms. The molecule has 0 fully saturated rings. The Morgan fingerprint density at radius 2 is 2.00 bits per heavy atom. The van der Waals surface area contributed by atoms with E-state index in [-0.39, 0.29) is 5.92 Å². The van der Waals surface area contributed by atoms with Crippen molar-refractivity contribution < 1.29 is 19.4 Å². The van der Waals surface area contributed by atoms with E-state index in [9.17, 15) is 14.7 Å². The van der Waals surface area contributed by atoms with Crippen molar-refractivity contribution in [2.24, 2.45) is 5.92 Å². The van der Waals surface area contributed by atoms with E-state index in [0.29, 0.717) is 19.4 Å². The number of rotatable bonds is 8. The van der Waals surface area contributed by atoms with Crippen LogP contribution in [-0.2, 0) is 16.0 Å². The molecule has 0 spiro atoms. The van der Waals surface area contributed by atoms with Crippen LogP contribution in [0.2, 0.25) is 0 Å². The highest BCUT2D eigenvalue weighted by Gasteiger charge is 2.33. The molecule has 0 saturated carbocycles. The molecule has 0 aromatic carbocycles. The summed E-state index contributed by atoms with van der Waals surface area (Å²) in [7, 11) is 0. The molecule has 0 aliphatic rings. The second-order valence-corrected chi connectivity index (χ2v) is 7.62. The van der Waals surface area contributed by atoms with Crippen LogP contribution in [0.3, 0.4) is 0 Å². The first-order chi connectivity index (χ1) is 11.6. The van der Waals surface area contributed by atoms with Crippen LogP contribution in [0.25, 0.3) is 0 Å². The summed E-state index contributed by atoms with van der Waals surface area (Å²) in [6, 6.07) is 2.94. The molecule has 0 aliphatic heterocycles. The zero-order valence-corrected chi connectivity index (χ0v) is 15.9. The lowest BCUT2D eigenvalue weighted by Gasteiger charge is -2.32. The van der Waals surface area contributed by atoms with Crippen molar-refractivity contribution in [2.45, 2.75) is 65.5 Å². The number of hydrogen-bond acceptors (Lipinski definition) is 4. The second kappa shape index (κ2) is 9.39. The number of carboxylic acid groups (broad SMARTS) is 1. The molecule has 1 amide bonds. The predicted octanol–water partition coefficient (Wildman–Crippen LogP) is 3.75. The van der Waals surface area contributed by atoms with Gasteiger partial charge in [-0.15, -0.1) is 0 Å². The van der Waals surface area contributed by atoms with Crippen molar-refractivity contribution in [3.05, 3.63) is 30.1 Å². The SMILES string of the molecule is CC(C)C[C@@H](C(=O)O)N(CCCc1cccnc1)C(=O)OC(C)(C)C. The minimum absolute atomic E-state index is 0.157. The largest absolute Gasteiger partial charge is 0.480 e. The smallest absolute Gasteiger partial charge is 0.411 e. The highest BCUT2D eigenvalue weighted by atomic mass is 16.6. The second-order valence-electron chi connectivity index (χ2n) is 7.62. The highest BCUT2D eigenvalue weighted by Crippen LogP contribution is 2.18. The number of ether oxygens (including phenoxy) is 1. The van der Waals surface area contributed by atoms with Crippen LogP contribution < -0.4 is 0 Å². The van der Waals surface area contributed by atoms with E-state index in [1.54, 1.807) is 33.2 Å². The molecule has 6 nitrogen and oxygen atoms in total. The number of carbonyl (C=O) groups excluding carboxylic acids is 1. The summed E-state index contributed by atoms with van der Waals surface area (Å²) in [4.78, 5) is 29.7. The minimum Gasteiger partial charge on any atom is -0.480 e. The maximum atomic E-state index is 12.6. The quantitative estimate of drug-likeness (QED) is 0.772. The van der Waals surface area contributed by atoms with Crippen LogP contribution >= 0.6 is 0 Å². The van der Waals surface area contributed by atoms with Crippen LogP contribution in [-0.4, -0.2) is 45.2 Å². The molecule has 25 heavy (non-hydrogen) atoms. The maximum absolute atomic E-state index is 12.6. The minimum atomic E-state index is -0.999.